The lowest BCUT2D eigenvalue weighted by Gasteiger charge is -2.43. The van der Waals surface area contributed by atoms with Crippen molar-refractivity contribution in [3.05, 3.63) is 0 Å². The van der Waals surface area contributed by atoms with Crippen molar-refractivity contribution in [2.24, 2.45) is 0 Å². The molecule has 2 heteroatoms. The Labute approximate surface area is 126 Å². The first-order valence-corrected chi connectivity index (χ1v) is 9.39. The van der Waals surface area contributed by atoms with Gasteiger partial charge >= 0.3 is 0 Å². The molecule has 0 aromatic carbocycles. The minimum atomic E-state index is 0.698. The SMILES string of the molecule is CCCC(CC)NN(C1CCCCC1)C1CCCCC1. The van der Waals surface area contributed by atoms with Gasteiger partial charge in [-0.1, -0.05) is 58.8 Å². The third kappa shape index (κ3) is 4.73. The molecular formula is C18H36N2. The van der Waals surface area contributed by atoms with E-state index in [9.17, 15) is 0 Å². The summed E-state index contributed by atoms with van der Waals surface area (Å²) < 4.78 is 0. The van der Waals surface area contributed by atoms with E-state index in [0.717, 1.165) is 12.1 Å². The zero-order valence-electron chi connectivity index (χ0n) is 13.9. The summed E-state index contributed by atoms with van der Waals surface area (Å²) in [5.74, 6) is 0. The predicted molar refractivity (Wildman–Crippen MR) is 87.7 cm³/mol. The maximum atomic E-state index is 3.98. The van der Waals surface area contributed by atoms with Gasteiger partial charge < -0.3 is 0 Å². The van der Waals surface area contributed by atoms with Crippen molar-refractivity contribution in [2.45, 2.75) is 115 Å². The topological polar surface area (TPSA) is 15.3 Å². The van der Waals surface area contributed by atoms with Crippen LogP contribution in [0.15, 0.2) is 0 Å². The molecule has 0 bridgehead atoms. The van der Waals surface area contributed by atoms with E-state index in [1.54, 1.807) is 0 Å². The maximum absolute atomic E-state index is 3.98. The molecular weight excluding hydrogens is 244 g/mol. The summed E-state index contributed by atoms with van der Waals surface area (Å²) >= 11 is 0. The fourth-order valence-electron chi connectivity index (χ4n) is 4.15. The van der Waals surface area contributed by atoms with E-state index in [2.05, 4.69) is 24.3 Å². The third-order valence-corrected chi connectivity index (χ3v) is 5.40. The molecule has 0 saturated heterocycles. The summed E-state index contributed by atoms with van der Waals surface area (Å²) in [6.45, 7) is 4.66. The number of hydrazine groups is 1. The molecule has 0 radical (unpaired) electrons. The first kappa shape index (κ1) is 16.3. The van der Waals surface area contributed by atoms with Crippen LogP contribution in [-0.4, -0.2) is 23.1 Å². The zero-order chi connectivity index (χ0) is 14.2. The van der Waals surface area contributed by atoms with E-state index < -0.39 is 0 Å². The average molecular weight is 280 g/mol. The predicted octanol–water partition coefficient (Wildman–Crippen LogP) is 5.04. The van der Waals surface area contributed by atoms with Crippen LogP contribution in [0.1, 0.15) is 97.3 Å². The molecule has 118 valence electrons. The molecule has 0 aromatic heterocycles. The van der Waals surface area contributed by atoms with Crippen LogP contribution in [0.2, 0.25) is 0 Å². The third-order valence-electron chi connectivity index (χ3n) is 5.40. The van der Waals surface area contributed by atoms with Crippen molar-refractivity contribution in [1.82, 2.24) is 10.4 Å². The number of rotatable bonds is 7. The summed E-state index contributed by atoms with van der Waals surface area (Å²) in [5, 5.41) is 2.75. The largest absolute Gasteiger partial charge is 0.252 e. The minimum Gasteiger partial charge on any atom is -0.252 e. The molecule has 2 aliphatic rings. The lowest BCUT2D eigenvalue weighted by Crippen LogP contribution is -2.56. The molecule has 2 rings (SSSR count). The van der Waals surface area contributed by atoms with Gasteiger partial charge in [-0.05, 0) is 38.5 Å². The van der Waals surface area contributed by atoms with Gasteiger partial charge in [0.2, 0.25) is 0 Å². The van der Waals surface area contributed by atoms with E-state index in [1.807, 2.05) is 0 Å². The van der Waals surface area contributed by atoms with Gasteiger partial charge in [0.1, 0.15) is 0 Å². The van der Waals surface area contributed by atoms with Crippen molar-refractivity contribution >= 4 is 0 Å². The van der Waals surface area contributed by atoms with Crippen molar-refractivity contribution in [3.8, 4) is 0 Å². The van der Waals surface area contributed by atoms with Crippen molar-refractivity contribution in [1.29, 1.82) is 0 Å². The van der Waals surface area contributed by atoms with E-state index >= 15 is 0 Å². The average Bonchev–Trinajstić information content (AvgIpc) is 2.53. The molecule has 0 heterocycles. The van der Waals surface area contributed by atoms with Crippen LogP contribution in [0, 0.1) is 0 Å². The van der Waals surface area contributed by atoms with Crippen LogP contribution < -0.4 is 5.43 Å². The zero-order valence-corrected chi connectivity index (χ0v) is 13.9. The van der Waals surface area contributed by atoms with Crippen molar-refractivity contribution in [3.63, 3.8) is 0 Å². The lowest BCUT2D eigenvalue weighted by atomic mass is 9.90. The molecule has 2 saturated carbocycles. The highest BCUT2D eigenvalue weighted by Crippen LogP contribution is 2.29. The van der Waals surface area contributed by atoms with E-state index in [0.29, 0.717) is 6.04 Å². The molecule has 1 atom stereocenters. The standard InChI is InChI=1S/C18H36N2/c1-3-11-16(4-2)19-20(17-12-7-5-8-13-17)18-14-9-6-10-15-18/h16-19H,3-15H2,1-2H3. The highest BCUT2D eigenvalue weighted by Gasteiger charge is 2.29. The lowest BCUT2D eigenvalue weighted by molar-refractivity contribution is 0.0120. The quantitative estimate of drug-likeness (QED) is 0.657. The molecule has 1 unspecified atom stereocenters. The summed E-state index contributed by atoms with van der Waals surface area (Å²) in [6, 6.07) is 2.33. The second kappa shape index (κ2) is 9.04. The highest BCUT2D eigenvalue weighted by molar-refractivity contribution is 4.83. The van der Waals surface area contributed by atoms with E-state index in [1.165, 1.54) is 83.5 Å². The van der Waals surface area contributed by atoms with Crippen LogP contribution in [0.5, 0.6) is 0 Å². The van der Waals surface area contributed by atoms with Crippen LogP contribution in [-0.2, 0) is 0 Å². The first-order chi connectivity index (χ1) is 9.85. The molecule has 0 aliphatic heterocycles. The van der Waals surface area contributed by atoms with Crippen LogP contribution in [0.25, 0.3) is 0 Å². The Bertz CT molecular complexity index is 224. The Morgan fingerprint density at radius 2 is 1.35 bits per heavy atom. The van der Waals surface area contributed by atoms with Gasteiger partial charge in [0.15, 0.2) is 0 Å². The highest BCUT2D eigenvalue weighted by atomic mass is 15.5. The summed E-state index contributed by atoms with van der Waals surface area (Å²) in [7, 11) is 0. The fourth-order valence-corrected chi connectivity index (χ4v) is 4.15. The Balaban J connectivity index is 1.97. The van der Waals surface area contributed by atoms with Crippen LogP contribution in [0.3, 0.4) is 0 Å². The van der Waals surface area contributed by atoms with Gasteiger partial charge in [-0.25, -0.2) is 5.01 Å². The molecule has 20 heavy (non-hydrogen) atoms. The van der Waals surface area contributed by atoms with Gasteiger partial charge in [0.25, 0.3) is 0 Å². The molecule has 2 nitrogen and oxygen atoms in total. The molecule has 0 spiro atoms. The Hall–Kier alpha value is -0.0800. The van der Waals surface area contributed by atoms with Gasteiger partial charge in [-0.2, -0.15) is 0 Å². The Morgan fingerprint density at radius 1 is 0.850 bits per heavy atom. The molecule has 2 aliphatic carbocycles. The first-order valence-electron chi connectivity index (χ1n) is 9.39. The van der Waals surface area contributed by atoms with Gasteiger partial charge in [-0.15, -0.1) is 0 Å². The van der Waals surface area contributed by atoms with E-state index in [4.69, 9.17) is 0 Å². The van der Waals surface area contributed by atoms with Gasteiger partial charge in [-0.3, -0.25) is 5.43 Å². The molecule has 2 fully saturated rings. The number of nitrogens with zero attached hydrogens (tertiary/aromatic N) is 1. The van der Waals surface area contributed by atoms with Crippen LogP contribution in [0.4, 0.5) is 0 Å². The van der Waals surface area contributed by atoms with Gasteiger partial charge in [0.05, 0.1) is 0 Å². The molecule has 1 N–H and O–H groups in total. The number of hydrogen-bond acceptors (Lipinski definition) is 2. The smallest absolute Gasteiger partial charge is 0.0246 e. The van der Waals surface area contributed by atoms with Crippen molar-refractivity contribution in [2.75, 3.05) is 0 Å². The number of nitrogens with one attached hydrogen (secondary N) is 1. The number of hydrogen-bond donors (Lipinski definition) is 1. The Morgan fingerprint density at radius 3 is 1.75 bits per heavy atom. The monoisotopic (exact) mass is 280 g/mol. The molecule has 0 amide bonds. The Kier molecular flexibility index (Phi) is 7.37. The van der Waals surface area contributed by atoms with Crippen molar-refractivity contribution < 1.29 is 0 Å². The minimum absolute atomic E-state index is 0.698. The second-order valence-electron chi connectivity index (χ2n) is 7.01. The van der Waals surface area contributed by atoms with E-state index in [-0.39, 0.29) is 0 Å². The normalized spacial score (nSPS) is 24.1. The second-order valence-corrected chi connectivity index (χ2v) is 7.01. The molecule has 0 aromatic rings. The summed E-state index contributed by atoms with van der Waals surface area (Å²) in [4.78, 5) is 0. The fraction of sp³-hybridized carbons (Fsp3) is 1.00. The van der Waals surface area contributed by atoms with Gasteiger partial charge in [0, 0.05) is 18.1 Å². The maximum Gasteiger partial charge on any atom is 0.0246 e. The summed E-state index contributed by atoms with van der Waals surface area (Å²) in [6.07, 6.45) is 18.3. The summed E-state index contributed by atoms with van der Waals surface area (Å²) in [5.41, 5.74) is 3.98. The van der Waals surface area contributed by atoms with Crippen LogP contribution >= 0.6 is 0 Å².